The normalized spacial score (nSPS) is 13.9. The Morgan fingerprint density at radius 1 is 0.403 bits per heavy atom. The lowest BCUT2D eigenvalue weighted by Gasteiger charge is -2.21. The average Bonchev–Trinajstić information content (AvgIpc) is 3.37. The Kier molecular flexibility index (Phi) is 51.9. The van der Waals surface area contributed by atoms with Gasteiger partial charge in [0.05, 0.1) is 19.8 Å². The van der Waals surface area contributed by atoms with Gasteiger partial charge in [-0.15, -0.1) is 0 Å². The van der Waals surface area contributed by atoms with Crippen molar-refractivity contribution in [3.8, 4) is 0 Å². The van der Waals surface area contributed by atoms with E-state index in [1.165, 1.54) is 70.6 Å². The number of hydrogen-bond donors (Lipinski definition) is 2. The van der Waals surface area contributed by atoms with Gasteiger partial charge in [0.25, 0.3) is 0 Å². The van der Waals surface area contributed by atoms with Crippen molar-refractivity contribution < 1.29 is 52.2 Å². The summed E-state index contributed by atoms with van der Waals surface area (Å²) < 4.78 is 39.4. The number of ether oxygens (including phenoxy) is 3. The topological polar surface area (TPSA) is 155 Å². The molecule has 0 bridgehead atoms. The maximum atomic E-state index is 12.9. The summed E-state index contributed by atoms with van der Waals surface area (Å²) >= 11 is 0. The van der Waals surface area contributed by atoms with Crippen LogP contribution in [0.3, 0.4) is 0 Å². The van der Waals surface area contributed by atoms with Gasteiger partial charge in [-0.05, 0) is 89.9 Å². The van der Waals surface area contributed by atoms with Crippen LogP contribution < -0.4 is 0 Å². The third-order valence-electron chi connectivity index (χ3n) is 12.1. The van der Waals surface area contributed by atoms with Crippen LogP contribution in [0.25, 0.3) is 0 Å². The van der Waals surface area contributed by atoms with Gasteiger partial charge >= 0.3 is 25.7 Å². The van der Waals surface area contributed by atoms with E-state index in [4.69, 9.17) is 23.3 Å². The number of phosphoric ester groups is 1. The number of carbonyl (C=O) groups is 3. The first-order chi connectivity index (χ1) is 35.2. The molecule has 0 saturated carbocycles. The van der Waals surface area contributed by atoms with E-state index in [-0.39, 0.29) is 25.9 Å². The molecule has 0 aliphatic carbocycles. The largest absolute Gasteiger partial charge is 0.472 e. The number of aliphatic hydroxyl groups is 1. The van der Waals surface area contributed by atoms with Gasteiger partial charge in [-0.2, -0.15) is 0 Å². The lowest BCUT2D eigenvalue weighted by molar-refractivity contribution is -0.161. The van der Waals surface area contributed by atoms with Gasteiger partial charge in [-0.25, -0.2) is 4.57 Å². The summed E-state index contributed by atoms with van der Waals surface area (Å²) in [6, 6.07) is 0. The number of rotatable bonds is 53. The van der Waals surface area contributed by atoms with Crippen molar-refractivity contribution in [2.24, 2.45) is 0 Å². The molecule has 0 amide bonds. The quantitative estimate of drug-likeness (QED) is 0.0197. The molecule has 0 aliphatic heterocycles. The van der Waals surface area contributed by atoms with Crippen LogP contribution in [-0.4, -0.2) is 66.5 Å². The van der Waals surface area contributed by atoms with E-state index in [0.717, 1.165) is 122 Å². The molecule has 0 spiro atoms. The van der Waals surface area contributed by atoms with Crippen molar-refractivity contribution in [3.05, 3.63) is 72.9 Å². The van der Waals surface area contributed by atoms with Crippen LogP contribution in [0.5, 0.6) is 0 Å². The number of hydrogen-bond acceptors (Lipinski definition) is 10. The fourth-order valence-electron chi connectivity index (χ4n) is 7.73. The first-order valence-corrected chi connectivity index (χ1v) is 30.3. The van der Waals surface area contributed by atoms with Crippen LogP contribution in [-0.2, 0) is 42.2 Å². The Labute approximate surface area is 439 Å². The van der Waals surface area contributed by atoms with Gasteiger partial charge in [0, 0.05) is 19.3 Å². The average molecular weight is 1030 g/mol. The van der Waals surface area contributed by atoms with Crippen molar-refractivity contribution in [1.29, 1.82) is 0 Å². The zero-order chi connectivity index (χ0) is 52.7. The van der Waals surface area contributed by atoms with Gasteiger partial charge < -0.3 is 24.2 Å². The Morgan fingerprint density at radius 3 is 1.14 bits per heavy atom. The van der Waals surface area contributed by atoms with Crippen LogP contribution in [0.15, 0.2) is 72.9 Å². The molecule has 0 rings (SSSR count). The predicted octanol–water partition coefficient (Wildman–Crippen LogP) is 16.9. The zero-order valence-electron chi connectivity index (χ0n) is 45.9. The zero-order valence-corrected chi connectivity index (χ0v) is 46.8. The second kappa shape index (κ2) is 54.2. The number of phosphoric acid groups is 1. The molecule has 3 unspecified atom stereocenters. The molecule has 0 aromatic rings. The van der Waals surface area contributed by atoms with Gasteiger partial charge in [-0.3, -0.25) is 23.4 Å². The summed E-state index contributed by atoms with van der Waals surface area (Å²) in [6.07, 6.45) is 60.1. The Morgan fingerprint density at radius 2 is 0.722 bits per heavy atom. The van der Waals surface area contributed by atoms with Crippen LogP contribution in [0.1, 0.15) is 252 Å². The SMILES string of the molecule is CC/C=C\C/C=C\C/C=C\C/C=C\CCCCCCCCC(=O)OC(COC(=O)CCCCCCCCCCC)COP(=O)(O)OCC(CO)OC(=O)CCCCCCCCC/C=C\C/C=C\CCCCC. The second-order valence-corrected chi connectivity index (χ2v) is 20.5. The highest BCUT2D eigenvalue weighted by atomic mass is 31.2. The van der Waals surface area contributed by atoms with Crippen molar-refractivity contribution in [1.82, 2.24) is 0 Å². The van der Waals surface area contributed by atoms with E-state index >= 15 is 0 Å². The highest BCUT2D eigenvalue weighted by Crippen LogP contribution is 2.43. The Bertz CT molecular complexity index is 1490. The molecule has 0 fully saturated rings. The van der Waals surface area contributed by atoms with E-state index in [2.05, 4.69) is 93.7 Å². The van der Waals surface area contributed by atoms with Crippen molar-refractivity contribution >= 4 is 25.7 Å². The molecule has 0 saturated heterocycles. The van der Waals surface area contributed by atoms with E-state index < -0.39 is 57.8 Å². The number of esters is 3. The maximum absolute atomic E-state index is 12.9. The Balaban J connectivity index is 4.65. The summed E-state index contributed by atoms with van der Waals surface area (Å²) in [5.74, 6) is -1.49. The smallest absolute Gasteiger partial charge is 0.462 e. The van der Waals surface area contributed by atoms with E-state index in [1.54, 1.807) is 0 Å². The minimum atomic E-state index is -4.75. The summed E-state index contributed by atoms with van der Waals surface area (Å²) in [4.78, 5) is 48.4. The minimum Gasteiger partial charge on any atom is -0.462 e. The molecule has 0 heterocycles. The van der Waals surface area contributed by atoms with Crippen LogP contribution in [0, 0.1) is 0 Å². The van der Waals surface area contributed by atoms with Crippen molar-refractivity contribution in [2.75, 3.05) is 26.4 Å². The van der Waals surface area contributed by atoms with Crippen LogP contribution >= 0.6 is 7.82 Å². The fraction of sp³-hybridized carbons (Fsp3) is 0.750. The molecule has 11 nitrogen and oxygen atoms in total. The first-order valence-electron chi connectivity index (χ1n) is 28.8. The number of carbonyl (C=O) groups excluding carboxylic acids is 3. The first kappa shape index (κ1) is 68.9. The van der Waals surface area contributed by atoms with Gasteiger partial charge in [-0.1, -0.05) is 216 Å². The second-order valence-electron chi connectivity index (χ2n) is 19.1. The molecule has 416 valence electrons. The molecular weight excluding hydrogens is 928 g/mol. The molecule has 12 heteroatoms. The van der Waals surface area contributed by atoms with Crippen LogP contribution in [0.4, 0.5) is 0 Å². The molecule has 2 N–H and O–H groups in total. The lowest BCUT2D eigenvalue weighted by atomic mass is 10.1. The molecular formula is C60H105O11P. The number of allylic oxidation sites excluding steroid dienone is 12. The van der Waals surface area contributed by atoms with Crippen molar-refractivity contribution in [3.63, 3.8) is 0 Å². The standard InChI is InChI=1S/C60H105O11P/c1-4-7-10-13-16-19-21-23-25-27-28-30-32-34-36-39-42-45-48-51-60(64)71-57(53-67-58(62)49-46-43-40-37-18-15-12-9-6-3)55-69-72(65,66)68-54-56(52-61)70-59(63)50-47-44-41-38-35-33-31-29-26-24-22-20-17-14-11-8-5-2/h7,10,16-17,19-20,23-26,28,30,56-57,61H,4-6,8-9,11-15,18,21-22,27,29,31-55H2,1-3H3,(H,65,66)/b10-7-,19-16-,20-17-,25-23-,26-24-,30-28-. The number of unbranched alkanes of at least 4 members (excludes halogenated alkanes) is 24. The fourth-order valence-corrected chi connectivity index (χ4v) is 8.51. The van der Waals surface area contributed by atoms with Crippen molar-refractivity contribution in [2.45, 2.75) is 264 Å². The molecule has 0 aliphatic rings. The maximum Gasteiger partial charge on any atom is 0.472 e. The highest BCUT2D eigenvalue weighted by Gasteiger charge is 2.28. The summed E-state index contributed by atoms with van der Waals surface area (Å²) in [6.45, 7) is 4.47. The molecule has 3 atom stereocenters. The third kappa shape index (κ3) is 51.8. The highest BCUT2D eigenvalue weighted by molar-refractivity contribution is 7.47. The van der Waals surface area contributed by atoms with Gasteiger partial charge in [0.1, 0.15) is 12.7 Å². The summed E-state index contributed by atoms with van der Waals surface area (Å²) in [5, 5.41) is 9.81. The third-order valence-corrected chi connectivity index (χ3v) is 13.1. The van der Waals surface area contributed by atoms with E-state index in [1.807, 2.05) is 0 Å². The molecule has 0 aromatic heterocycles. The number of aliphatic hydroxyl groups excluding tert-OH is 1. The van der Waals surface area contributed by atoms with E-state index in [0.29, 0.717) is 19.3 Å². The van der Waals surface area contributed by atoms with Gasteiger partial charge in [0.15, 0.2) is 6.10 Å². The molecule has 0 aromatic carbocycles. The molecule has 0 radical (unpaired) electrons. The molecule has 72 heavy (non-hydrogen) atoms. The van der Waals surface area contributed by atoms with E-state index in [9.17, 15) is 28.9 Å². The minimum absolute atomic E-state index is 0.150. The predicted molar refractivity (Wildman–Crippen MR) is 298 cm³/mol. The monoisotopic (exact) mass is 1030 g/mol. The lowest BCUT2D eigenvalue weighted by Crippen LogP contribution is -2.30. The van der Waals surface area contributed by atoms with Crippen LogP contribution in [0.2, 0.25) is 0 Å². The van der Waals surface area contributed by atoms with Gasteiger partial charge in [0.2, 0.25) is 0 Å². The summed E-state index contributed by atoms with van der Waals surface area (Å²) in [7, 11) is -4.75. The summed E-state index contributed by atoms with van der Waals surface area (Å²) in [5.41, 5.74) is 0. The Hall–Kier alpha value is -3.08.